The van der Waals surface area contributed by atoms with Gasteiger partial charge in [-0.15, -0.1) is 0 Å². The van der Waals surface area contributed by atoms with E-state index in [1.807, 2.05) is 60.7 Å². The second-order valence-electron chi connectivity index (χ2n) is 19.2. The van der Waals surface area contributed by atoms with Crippen molar-refractivity contribution in [1.29, 1.82) is 0 Å². The maximum absolute atomic E-state index is 15.3. The SMILES string of the molecule is NCCCCC1NC(=O)[C@H](Cc2c[nH]c3ccccc23)NC(=O)C(c2ccccc2)NC(=O)[C@@H]2CC(OC(=O)NCCN)CN2C(=O)[C@H](Cc2ccccc2)NC(=O)C(Cc2ccc(OCc3ccccc3)cc2)NC1=O. The summed E-state index contributed by atoms with van der Waals surface area (Å²) in [5, 5.41) is 17.9. The zero-order valence-electron chi connectivity index (χ0n) is 42.7. The number of nitrogens with two attached hydrogens (primary N) is 2. The Morgan fingerprint density at radius 3 is 1.87 bits per heavy atom. The molecule has 19 heteroatoms. The first-order chi connectivity index (χ1) is 37.5. The van der Waals surface area contributed by atoms with Gasteiger partial charge in [0.1, 0.15) is 54.7 Å². The molecule has 402 valence electrons. The van der Waals surface area contributed by atoms with Crippen LogP contribution in [0.15, 0.2) is 146 Å². The number of nitrogens with zero attached hydrogens (tertiary/aromatic N) is 1. The molecule has 5 aromatic carbocycles. The zero-order valence-corrected chi connectivity index (χ0v) is 42.7. The summed E-state index contributed by atoms with van der Waals surface area (Å²) in [6.45, 7) is 0.617. The van der Waals surface area contributed by atoms with E-state index in [9.17, 15) is 24.0 Å². The Kier molecular flexibility index (Phi) is 19.0. The lowest BCUT2D eigenvalue weighted by molar-refractivity contribution is -0.143. The van der Waals surface area contributed by atoms with Gasteiger partial charge < -0.3 is 62.7 Å². The molecule has 7 atom stereocenters. The fourth-order valence-electron chi connectivity index (χ4n) is 9.65. The number of aromatic amines is 1. The summed E-state index contributed by atoms with van der Waals surface area (Å²) < 4.78 is 11.8. The molecule has 7 amide bonds. The van der Waals surface area contributed by atoms with Crippen LogP contribution in [-0.2, 0) is 59.4 Å². The first-order valence-electron chi connectivity index (χ1n) is 26.0. The first-order valence-corrected chi connectivity index (χ1v) is 26.0. The minimum Gasteiger partial charge on any atom is -0.489 e. The fraction of sp³-hybridized carbons (Fsp3) is 0.328. The molecule has 3 heterocycles. The van der Waals surface area contributed by atoms with E-state index < -0.39 is 83.9 Å². The van der Waals surface area contributed by atoms with Crippen LogP contribution in [0.25, 0.3) is 10.9 Å². The topological polar surface area (TPSA) is 281 Å². The number of benzene rings is 5. The van der Waals surface area contributed by atoms with Crippen molar-refractivity contribution in [3.05, 3.63) is 174 Å². The summed E-state index contributed by atoms with van der Waals surface area (Å²) in [4.78, 5) is 107. The van der Waals surface area contributed by atoms with Crippen LogP contribution < -0.4 is 48.1 Å². The Bertz CT molecular complexity index is 2960. The lowest BCUT2D eigenvalue weighted by Crippen LogP contribution is -2.61. The summed E-state index contributed by atoms with van der Waals surface area (Å²) in [7, 11) is 0. The van der Waals surface area contributed by atoms with E-state index in [1.165, 1.54) is 4.90 Å². The van der Waals surface area contributed by atoms with Gasteiger partial charge in [0.05, 0.1) is 6.54 Å². The third kappa shape index (κ3) is 14.9. The predicted molar refractivity (Wildman–Crippen MR) is 288 cm³/mol. The van der Waals surface area contributed by atoms with Gasteiger partial charge in [0.2, 0.25) is 35.4 Å². The van der Waals surface area contributed by atoms with Crippen molar-refractivity contribution < 1.29 is 43.0 Å². The van der Waals surface area contributed by atoms with Crippen LogP contribution >= 0.6 is 0 Å². The molecule has 0 aliphatic carbocycles. The molecule has 0 spiro atoms. The third-order valence-electron chi connectivity index (χ3n) is 13.7. The smallest absolute Gasteiger partial charge is 0.407 e. The molecule has 0 saturated carbocycles. The fourth-order valence-corrected chi connectivity index (χ4v) is 9.65. The Balaban J connectivity index is 1.19. The largest absolute Gasteiger partial charge is 0.489 e. The number of fused-ring (bicyclic) bond motifs is 2. The van der Waals surface area contributed by atoms with Crippen LogP contribution in [0.5, 0.6) is 5.75 Å². The number of amides is 7. The minimum atomic E-state index is -1.42. The van der Waals surface area contributed by atoms with Gasteiger partial charge in [0, 0.05) is 55.9 Å². The number of para-hydroxylation sites is 1. The molecular weight excluding hydrogens is 981 g/mol. The average molecular weight is 1050 g/mol. The molecule has 2 fully saturated rings. The average Bonchev–Trinajstić information content (AvgIpc) is 4.08. The molecule has 1 aromatic heterocycles. The predicted octanol–water partition coefficient (Wildman–Crippen LogP) is 3.37. The summed E-state index contributed by atoms with van der Waals surface area (Å²) in [5.41, 5.74) is 15.7. The molecule has 11 N–H and O–H groups in total. The lowest BCUT2D eigenvalue weighted by atomic mass is 9.99. The maximum Gasteiger partial charge on any atom is 0.407 e. The van der Waals surface area contributed by atoms with E-state index in [0.717, 1.165) is 16.5 Å². The molecule has 2 aliphatic rings. The van der Waals surface area contributed by atoms with Crippen molar-refractivity contribution >= 4 is 52.4 Å². The number of alkyl carbamates (subject to hydrolysis) is 1. The number of ether oxygens (including phenoxy) is 2. The highest BCUT2D eigenvalue weighted by molar-refractivity contribution is 5.99. The summed E-state index contributed by atoms with van der Waals surface area (Å²) in [6.07, 6.45) is 0.652. The summed E-state index contributed by atoms with van der Waals surface area (Å²) in [5.74, 6) is -3.76. The summed E-state index contributed by atoms with van der Waals surface area (Å²) in [6, 6.07) is 33.6. The van der Waals surface area contributed by atoms with Gasteiger partial charge in [-0.25, -0.2) is 4.79 Å². The highest BCUT2D eigenvalue weighted by Gasteiger charge is 2.45. The molecule has 77 heavy (non-hydrogen) atoms. The quantitative estimate of drug-likeness (QED) is 0.0598. The van der Waals surface area contributed by atoms with Gasteiger partial charge in [-0.1, -0.05) is 121 Å². The molecule has 4 unspecified atom stereocenters. The maximum atomic E-state index is 15.3. The van der Waals surface area contributed by atoms with Gasteiger partial charge in [-0.3, -0.25) is 28.8 Å². The molecule has 2 aliphatic heterocycles. The number of hydrogen-bond donors (Lipinski definition) is 9. The molecular formula is C58H66N10O9. The number of unbranched alkanes of at least 4 members (excludes halogenated alkanes) is 1. The van der Waals surface area contributed by atoms with Crippen molar-refractivity contribution in [2.24, 2.45) is 11.5 Å². The van der Waals surface area contributed by atoms with Crippen LogP contribution in [0.1, 0.15) is 59.5 Å². The van der Waals surface area contributed by atoms with Crippen molar-refractivity contribution in [3.8, 4) is 5.75 Å². The van der Waals surface area contributed by atoms with Gasteiger partial charge in [0.25, 0.3) is 0 Å². The molecule has 0 bridgehead atoms. The number of H-pyrrole nitrogens is 1. The highest BCUT2D eigenvalue weighted by Crippen LogP contribution is 2.26. The van der Waals surface area contributed by atoms with E-state index in [4.69, 9.17) is 20.9 Å². The Labute approximate surface area is 446 Å². The number of rotatable bonds is 17. The van der Waals surface area contributed by atoms with Crippen LogP contribution in [0.3, 0.4) is 0 Å². The second kappa shape index (κ2) is 26.8. The number of aromatic nitrogens is 1. The molecule has 6 aromatic rings. The highest BCUT2D eigenvalue weighted by atomic mass is 16.6. The summed E-state index contributed by atoms with van der Waals surface area (Å²) >= 11 is 0. The van der Waals surface area contributed by atoms with Crippen molar-refractivity contribution in [2.75, 3.05) is 26.2 Å². The van der Waals surface area contributed by atoms with Crippen LogP contribution in [0.4, 0.5) is 4.79 Å². The van der Waals surface area contributed by atoms with Crippen molar-refractivity contribution in [2.45, 2.75) is 93.9 Å². The Morgan fingerprint density at radius 1 is 0.584 bits per heavy atom. The van der Waals surface area contributed by atoms with Gasteiger partial charge >= 0.3 is 6.09 Å². The number of carbonyl (C=O) groups is 7. The number of nitrogens with one attached hydrogen (secondary N) is 7. The molecule has 2 saturated heterocycles. The van der Waals surface area contributed by atoms with Crippen molar-refractivity contribution in [1.82, 2.24) is 41.8 Å². The van der Waals surface area contributed by atoms with Gasteiger partial charge in [-0.05, 0) is 71.8 Å². The van der Waals surface area contributed by atoms with Crippen LogP contribution in [-0.4, -0.2) is 114 Å². The number of carbonyl (C=O) groups excluding carboxylic acids is 7. The van der Waals surface area contributed by atoms with E-state index in [-0.39, 0.29) is 51.7 Å². The number of hydrogen-bond acceptors (Lipinski definition) is 11. The first kappa shape index (κ1) is 54.7. The van der Waals surface area contributed by atoms with E-state index in [0.29, 0.717) is 54.0 Å². The van der Waals surface area contributed by atoms with Crippen molar-refractivity contribution in [3.63, 3.8) is 0 Å². The zero-order chi connectivity index (χ0) is 54.1. The molecule has 19 nitrogen and oxygen atoms in total. The molecule has 8 rings (SSSR count). The Morgan fingerprint density at radius 2 is 1.17 bits per heavy atom. The van der Waals surface area contributed by atoms with E-state index >= 15 is 9.59 Å². The second-order valence-corrected chi connectivity index (χ2v) is 19.2. The molecule has 0 radical (unpaired) electrons. The van der Waals surface area contributed by atoms with Crippen LogP contribution in [0.2, 0.25) is 0 Å². The minimum absolute atomic E-state index is 0.0385. The van der Waals surface area contributed by atoms with E-state index in [2.05, 4.69) is 36.9 Å². The lowest BCUT2D eigenvalue weighted by Gasteiger charge is -2.32. The monoisotopic (exact) mass is 1050 g/mol. The standard InChI is InChI=1S/C58H66N10O9/c59-27-13-12-22-46-52(69)64-47(30-38-23-25-42(26-24-38)76-36-39-16-6-2-7-17-39)53(70)66-49(31-37-14-4-1-5-15-37)57(74)68-35-43(77-58(75)61-29-28-60)33-50(68)55(72)67-51(40-18-8-3-9-19-40)56(73)65-48(54(71)63-46)32-41-34-62-45-21-11-10-20-44(41)45/h1-11,14-21,23-26,34,43,46-51,62H,12-13,22,27-33,35-36,59-60H2,(H,61,75)(H,63,71)(H,64,69)(H,65,73)(H,66,70)(H,67,72)/t43?,46?,47?,48-,49-,50-,51?/m0/s1. The Hall–Kier alpha value is -8.55. The van der Waals surface area contributed by atoms with Gasteiger partial charge in [-0.2, -0.15) is 0 Å². The van der Waals surface area contributed by atoms with E-state index in [1.54, 1.807) is 85.1 Å². The normalized spacial score (nSPS) is 21.6. The third-order valence-corrected chi connectivity index (χ3v) is 13.7. The van der Waals surface area contributed by atoms with Gasteiger partial charge in [0.15, 0.2) is 0 Å². The van der Waals surface area contributed by atoms with Crippen LogP contribution in [0, 0.1) is 0 Å².